The number of hydrogen-bond donors (Lipinski definition) is 2. The monoisotopic (exact) mass is 335 g/mol. The second kappa shape index (κ2) is 6.60. The van der Waals surface area contributed by atoms with Gasteiger partial charge in [0.1, 0.15) is 0 Å². The molecule has 6 heteroatoms. The van der Waals surface area contributed by atoms with Gasteiger partial charge < -0.3 is 5.11 Å². The predicted octanol–water partition coefficient (Wildman–Crippen LogP) is 2.47. The summed E-state index contributed by atoms with van der Waals surface area (Å²) in [4.78, 5) is 23.9. The molecular formula is C19H17N3O3. The molecule has 3 rings (SSSR count). The molecule has 0 saturated heterocycles. The Morgan fingerprint density at radius 1 is 1.12 bits per heavy atom. The molecule has 25 heavy (non-hydrogen) atoms. The van der Waals surface area contributed by atoms with Crippen molar-refractivity contribution in [2.45, 2.75) is 13.8 Å². The summed E-state index contributed by atoms with van der Waals surface area (Å²) >= 11 is 0. The standard InChI is InChI=1S/C19H17N3O3/c1-12-7-9-14(10-8-12)22-18(24)16-6-4-3-5-15(16)17(19(22)25)11-20-21-13(2)23/h3-11,25H,1-2H3,(H,21,23). The number of aromatic nitrogens is 1. The summed E-state index contributed by atoms with van der Waals surface area (Å²) in [5, 5.41) is 15.6. The molecule has 126 valence electrons. The van der Waals surface area contributed by atoms with E-state index in [0.29, 0.717) is 22.0 Å². The molecule has 1 heterocycles. The minimum absolute atomic E-state index is 0.235. The average Bonchev–Trinajstić information content (AvgIpc) is 2.59. The van der Waals surface area contributed by atoms with Crippen LogP contribution in [0.3, 0.4) is 0 Å². The van der Waals surface area contributed by atoms with Crippen LogP contribution in [0.5, 0.6) is 5.88 Å². The van der Waals surface area contributed by atoms with Crippen LogP contribution in [-0.4, -0.2) is 21.8 Å². The Morgan fingerprint density at radius 3 is 2.40 bits per heavy atom. The minimum atomic E-state index is -0.327. The Balaban J connectivity index is 2.31. The van der Waals surface area contributed by atoms with Crippen molar-refractivity contribution in [1.29, 1.82) is 0 Å². The van der Waals surface area contributed by atoms with Crippen LogP contribution < -0.4 is 11.0 Å². The third-order valence-electron chi connectivity index (χ3n) is 3.81. The van der Waals surface area contributed by atoms with Gasteiger partial charge in [-0.15, -0.1) is 0 Å². The Hall–Kier alpha value is -3.41. The SMILES string of the molecule is CC(=O)NN=Cc1c(O)n(-c2ccc(C)cc2)c(=O)c2ccccc12. The zero-order chi connectivity index (χ0) is 18.0. The third-order valence-corrected chi connectivity index (χ3v) is 3.81. The number of hydrogen-bond acceptors (Lipinski definition) is 4. The van der Waals surface area contributed by atoms with Crippen LogP contribution in [-0.2, 0) is 4.79 Å². The molecule has 3 aromatic rings. The van der Waals surface area contributed by atoms with E-state index >= 15 is 0 Å². The first-order chi connectivity index (χ1) is 12.0. The van der Waals surface area contributed by atoms with Gasteiger partial charge in [-0.3, -0.25) is 9.59 Å². The highest BCUT2D eigenvalue weighted by Crippen LogP contribution is 2.25. The molecule has 0 aliphatic rings. The quantitative estimate of drug-likeness (QED) is 0.570. The fraction of sp³-hybridized carbons (Fsp3) is 0.105. The number of aromatic hydroxyl groups is 1. The molecule has 0 aliphatic carbocycles. The number of amides is 1. The first kappa shape index (κ1) is 16.4. The maximum Gasteiger partial charge on any atom is 0.265 e. The van der Waals surface area contributed by atoms with Crippen molar-refractivity contribution in [3.63, 3.8) is 0 Å². The van der Waals surface area contributed by atoms with Crippen LogP contribution in [0.25, 0.3) is 16.5 Å². The number of hydrazone groups is 1. The van der Waals surface area contributed by atoms with Gasteiger partial charge in [-0.25, -0.2) is 9.99 Å². The highest BCUT2D eigenvalue weighted by atomic mass is 16.3. The van der Waals surface area contributed by atoms with E-state index in [0.717, 1.165) is 5.56 Å². The Kier molecular flexibility index (Phi) is 4.35. The normalized spacial score (nSPS) is 11.1. The fourth-order valence-electron chi connectivity index (χ4n) is 2.61. The summed E-state index contributed by atoms with van der Waals surface area (Å²) < 4.78 is 1.23. The second-order valence-corrected chi connectivity index (χ2v) is 5.69. The Bertz CT molecular complexity index is 1030. The van der Waals surface area contributed by atoms with Gasteiger partial charge in [0.15, 0.2) is 0 Å². The summed E-state index contributed by atoms with van der Waals surface area (Å²) in [6.07, 6.45) is 1.34. The lowest BCUT2D eigenvalue weighted by Crippen LogP contribution is -2.20. The van der Waals surface area contributed by atoms with Crippen LogP contribution in [0.4, 0.5) is 0 Å². The number of carbonyl (C=O) groups is 1. The van der Waals surface area contributed by atoms with E-state index in [1.165, 1.54) is 17.7 Å². The average molecular weight is 335 g/mol. The van der Waals surface area contributed by atoms with Crippen molar-refractivity contribution in [3.05, 3.63) is 70.0 Å². The lowest BCUT2D eigenvalue weighted by Gasteiger charge is -2.13. The Labute approximate surface area is 144 Å². The van der Waals surface area contributed by atoms with Crippen molar-refractivity contribution in [3.8, 4) is 11.6 Å². The number of fused-ring (bicyclic) bond motifs is 1. The number of pyridine rings is 1. The van der Waals surface area contributed by atoms with E-state index in [9.17, 15) is 14.7 Å². The lowest BCUT2D eigenvalue weighted by molar-refractivity contribution is -0.118. The molecule has 2 N–H and O–H groups in total. The van der Waals surface area contributed by atoms with E-state index in [-0.39, 0.29) is 17.3 Å². The zero-order valence-electron chi connectivity index (χ0n) is 13.9. The summed E-state index contributed by atoms with van der Waals surface area (Å²) in [5.41, 5.74) is 3.92. The van der Waals surface area contributed by atoms with Crippen LogP contribution in [0.2, 0.25) is 0 Å². The van der Waals surface area contributed by atoms with Gasteiger partial charge in [-0.05, 0) is 25.1 Å². The van der Waals surface area contributed by atoms with Crippen LogP contribution in [0.15, 0.2) is 58.4 Å². The second-order valence-electron chi connectivity index (χ2n) is 5.69. The zero-order valence-corrected chi connectivity index (χ0v) is 13.9. The first-order valence-electron chi connectivity index (χ1n) is 7.72. The van der Waals surface area contributed by atoms with Gasteiger partial charge in [0.25, 0.3) is 5.56 Å². The maximum atomic E-state index is 12.9. The number of carbonyl (C=O) groups excluding carboxylic acids is 1. The van der Waals surface area contributed by atoms with E-state index in [1.807, 2.05) is 19.1 Å². The van der Waals surface area contributed by atoms with Crippen molar-refractivity contribution in [2.24, 2.45) is 5.10 Å². The molecule has 0 fully saturated rings. The van der Waals surface area contributed by atoms with Gasteiger partial charge in [0.05, 0.1) is 17.5 Å². The summed E-state index contributed by atoms with van der Waals surface area (Å²) in [6.45, 7) is 3.28. The molecule has 0 atom stereocenters. The molecule has 1 aromatic heterocycles. The van der Waals surface area contributed by atoms with E-state index in [1.54, 1.807) is 36.4 Å². The first-order valence-corrected chi connectivity index (χ1v) is 7.72. The predicted molar refractivity (Wildman–Crippen MR) is 97.4 cm³/mol. The minimum Gasteiger partial charge on any atom is -0.494 e. The van der Waals surface area contributed by atoms with E-state index in [2.05, 4.69) is 10.5 Å². The van der Waals surface area contributed by atoms with Gasteiger partial charge in [0, 0.05) is 17.7 Å². The topological polar surface area (TPSA) is 83.7 Å². The number of rotatable bonds is 3. The van der Waals surface area contributed by atoms with Gasteiger partial charge in [0.2, 0.25) is 11.8 Å². The molecule has 6 nitrogen and oxygen atoms in total. The number of aryl methyl sites for hydroxylation is 1. The number of benzene rings is 2. The van der Waals surface area contributed by atoms with E-state index < -0.39 is 0 Å². The van der Waals surface area contributed by atoms with Crippen molar-refractivity contribution in [1.82, 2.24) is 9.99 Å². The molecule has 0 bridgehead atoms. The van der Waals surface area contributed by atoms with Crippen molar-refractivity contribution < 1.29 is 9.90 Å². The van der Waals surface area contributed by atoms with Gasteiger partial charge >= 0.3 is 0 Å². The Morgan fingerprint density at radius 2 is 1.76 bits per heavy atom. The largest absolute Gasteiger partial charge is 0.494 e. The van der Waals surface area contributed by atoms with Crippen molar-refractivity contribution in [2.75, 3.05) is 0 Å². The fourth-order valence-corrected chi connectivity index (χ4v) is 2.61. The van der Waals surface area contributed by atoms with Gasteiger partial charge in [-0.1, -0.05) is 35.9 Å². The lowest BCUT2D eigenvalue weighted by atomic mass is 10.1. The van der Waals surface area contributed by atoms with Crippen LogP contribution in [0.1, 0.15) is 18.1 Å². The molecule has 0 radical (unpaired) electrons. The molecular weight excluding hydrogens is 318 g/mol. The molecule has 0 saturated carbocycles. The summed E-state index contributed by atoms with van der Waals surface area (Å²) in [7, 11) is 0. The van der Waals surface area contributed by atoms with Crippen LogP contribution in [0, 0.1) is 6.92 Å². The third kappa shape index (κ3) is 3.14. The van der Waals surface area contributed by atoms with Crippen molar-refractivity contribution >= 4 is 22.9 Å². The smallest absolute Gasteiger partial charge is 0.265 e. The van der Waals surface area contributed by atoms with Crippen LogP contribution >= 0.6 is 0 Å². The highest BCUT2D eigenvalue weighted by Gasteiger charge is 2.16. The summed E-state index contributed by atoms with van der Waals surface area (Å²) in [5.74, 6) is -0.562. The molecule has 0 aliphatic heterocycles. The number of nitrogens with zero attached hydrogens (tertiary/aromatic N) is 2. The molecule has 2 aromatic carbocycles. The van der Waals surface area contributed by atoms with E-state index in [4.69, 9.17) is 0 Å². The highest BCUT2D eigenvalue weighted by molar-refractivity contribution is 6.01. The van der Waals surface area contributed by atoms with Gasteiger partial charge in [-0.2, -0.15) is 5.10 Å². The molecule has 0 spiro atoms. The summed E-state index contributed by atoms with van der Waals surface area (Å²) in [6, 6.07) is 14.2. The molecule has 0 unspecified atom stereocenters. The maximum absolute atomic E-state index is 12.9. The molecule has 1 amide bonds. The number of nitrogens with one attached hydrogen (secondary N) is 1.